The van der Waals surface area contributed by atoms with Crippen LogP contribution in [0.4, 0.5) is 5.69 Å². The first-order valence-corrected chi connectivity index (χ1v) is 5.85. The minimum absolute atomic E-state index is 0.0121. The molecule has 1 N–H and O–H groups in total. The van der Waals surface area contributed by atoms with Gasteiger partial charge in [-0.3, -0.25) is 9.59 Å². The maximum Gasteiger partial charge on any atom is 0.239 e. The number of halogens is 1. The van der Waals surface area contributed by atoms with Crippen molar-refractivity contribution in [3.05, 3.63) is 28.8 Å². The lowest BCUT2D eigenvalue weighted by Gasteiger charge is -2.21. The standard InChI is InChI=1S/C12H13ClN2O2/c13-11-6-10(3-2-9(11)8-16)15-5-1-4-14-12(17)7-15/h2-3,6,8H,1,4-5,7H2,(H,14,17). The topological polar surface area (TPSA) is 49.4 Å². The Morgan fingerprint density at radius 3 is 2.94 bits per heavy atom. The first-order valence-electron chi connectivity index (χ1n) is 5.47. The Labute approximate surface area is 105 Å². The molecule has 0 unspecified atom stereocenters. The fourth-order valence-electron chi connectivity index (χ4n) is 1.83. The zero-order chi connectivity index (χ0) is 12.3. The summed E-state index contributed by atoms with van der Waals surface area (Å²) in [5.41, 5.74) is 1.34. The Morgan fingerprint density at radius 2 is 2.24 bits per heavy atom. The molecule has 90 valence electrons. The van der Waals surface area contributed by atoms with Crippen LogP contribution in [0.1, 0.15) is 16.8 Å². The summed E-state index contributed by atoms with van der Waals surface area (Å²) in [6.07, 6.45) is 1.63. The smallest absolute Gasteiger partial charge is 0.239 e. The van der Waals surface area contributed by atoms with Crippen LogP contribution in [0.25, 0.3) is 0 Å². The lowest BCUT2D eigenvalue weighted by molar-refractivity contribution is -0.119. The molecule has 1 heterocycles. The molecule has 0 bridgehead atoms. The molecule has 0 atom stereocenters. The Morgan fingerprint density at radius 1 is 1.41 bits per heavy atom. The lowest BCUT2D eigenvalue weighted by Crippen LogP contribution is -2.33. The fraction of sp³-hybridized carbons (Fsp3) is 0.333. The van der Waals surface area contributed by atoms with E-state index in [4.69, 9.17) is 11.6 Å². The van der Waals surface area contributed by atoms with E-state index in [0.717, 1.165) is 24.9 Å². The van der Waals surface area contributed by atoms with E-state index >= 15 is 0 Å². The summed E-state index contributed by atoms with van der Waals surface area (Å²) in [4.78, 5) is 24.1. The van der Waals surface area contributed by atoms with Crippen LogP contribution < -0.4 is 10.2 Å². The van der Waals surface area contributed by atoms with Crippen LogP contribution in [0.3, 0.4) is 0 Å². The highest BCUT2D eigenvalue weighted by atomic mass is 35.5. The molecule has 1 aromatic rings. The van der Waals surface area contributed by atoms with Crippen LogP contribution in [-0.4, -0.2) is 31.8 Å². The van der Waals surface area contributed by atoms with E-state index in [1.165, 1.54) is 0 Å². The number of benzene rings is 1. The molecule has 4 nitrogen and oxygen atoms in total. The Hall–Kier alpha value is -1.55. The molecular weight excluding hydrogens is 240 g/mol. The van der Waals surface area contributed by atoms with E-state index in [9.17, 15) is 9.59 Å². The highest BCUT2D eigenvalue weighted by Crippen LogP contribution is 2.23. The summed E-state index contributed by atoms with van der Waals surface area (Å²) >= 11 is 5.97. The van der Waals surface area contributed by atoms with Crippen LogP contribution >= 0.6 is 11.6 Å². The van der Waals surface area contributed by atoms with Gasteiger partial charge in [0.2, 0.25) is 5.91 Å². The van der Waals surface area contributed by atoms with Gasteiger partial charge in [-0.2, -0.15) is 0 Å². The van der Waals surface area contributed by atoms with Gasteiger partial charge in [-0.05, 0) is 24.6 Å². The van der Waals surface area contributed by atoms with Gasteiger partial charge < -0.3 is 10.2 Å². The molecule has 0 aliphatic carbocycles. The van der Waals surface area contributed by atoms with Crippen LogP contribution in [0.5, 0.6) is 0 Å². The number of aldehydes is 1. The number of hydrogen-bond acceptors (Lipinski definition) is 3. The van der Waals surface area contributed by atoms with Crippen molar-refractivity contribution in [3.8, 4) is 0 Å². The van der Waals surface area contributed by atoms with E-state index in [-0.39, 0.29) is 5.91 Å². The third-order valence-electron chi connectivity index (χ3n) is 2.74. The number of anilines is 1. The van der Waals surface area contributed by atoms with Crippen LogP contribution in [0.2, 0.25) is 5.02 Å². The predicted octanol–water partition coefficient (Wildman–Crippen LogP) is 1.48. The molecule has 1 aliphatic heterocycles. The van der Waals surface area contributed by atoms with Gasteiger partial charge >= 0.3 is 0 Å². The SMILES string of the molecule is O=Cc1ccc(N2CCCNC(=O)C2)cc1Cl. The van der Waals surface area contributed by atoms with Crippen molar-refractivity contribution in [2.45, 2.75) is 6.42 Å². The van der Waals surface area contributed by atoms with Gasteiger partial charge in [-0.1, -0.05) is 11.6 Å². The molecule has 0 saturated carbocycles. The molecule has 1 aliphatic rings. The molecule has 1 amide bonds. The lowest BCUT2D eigenvalue weighted by atomic mass is 10.2. The van der Waals surface area contributed by atoms with Crippen molar-refractivity contribution >= 4 is 29.5 Å². The van der Waals surface area contributed by atoms with Crippen molar-refractivity contribution < 1.29 is 9.59 Å². The van der Waals surface area contributed by atoms with E-state index < -0.39 is 0 Å². The number of nitrogens with one attached hydrogen (secondary N) is 1. The molecule has 1 aromatic carbocycles. The van der Waals surface area contributed by atoms with E-state index in [2.05, 4.69) is 5.32 Å². The van der Waals surface area contributed by atoms with Gasteiger partial charge in [0.1, 0.15) is 0 Å². The van der Waals surface area contributed by atoms with Crippen molar-refractivity contribution in [1.29, 1.82) is 0 Å². The summed E-state index contributed by atoms with van der Waals surface area (Å²) in [7, 11) is 0. The second-order valence-corrected chi connectivity index (χ2v) is 4.36. The molecule has 17 heavy (non-hydrogen) atoms. The minimum atomic E-state index is 0.0121. The number of carbonyl (C=O) groups excluding carboxylic acids is 2. The number of hydrogen-bond donors (Lipinski definition) is 1. The Kier molecular flexibility index (Phi) is 3.64. The normalized spacial score (nSPS) is 16.3. The maximum atomic E-state index is 11.4. The molecule has 0 spiro atoms. The summed E-state index contributed by atoms with van der Waals surface area (Å²) in [5.74, 6) is 0.0121. The summed E-state index contributed by atoms with van der Waals surface area (Å²) in [6, 6.07) is 5.21. The number of nitrogens with zero attached hydrogens (tertiary/aromatic N) is 1. The largest absolute Gasteiger partial charge is 0.362 e. The third kappa shape index (κ3) is 2.77. The van der Waals surface area contributed by atoms with E-state index in [0.29, 0.717) is 23.7 Å². The zero-order valence-corrected chi connectivity index (χ0v) is 10.0. The van der Waals surface area contributed by atoms with Crippen LogP contribution in [0, 0.1) is 0 Å². The van der Waals surface area contributed by atoms with Gasteiger partial charge in [0.05, 0.1) is 11.6 Å². The Balaban J connectivity index is 2.23. The summed E-state index contributed by atoms with van der Waals surface area (Å²) in [6.45, 7) is 1.84. The molecule has 0 radical (unpaired) electrons. The molecule has 5 heteroatoms. The highest BCUT2D eigenvalue weighted by molar-refractivity contribution is 6.33. The number of amides is 1. The first kappa shape index (κ1) is 11.9. The fourth-order valence-corrected chi connectivity index (χ4v) is 2.05. The monoisotopic (exact) mass is 252 g/mol. The molecule has 1 fully saturated rings. The molecule has 1 saturated heterocycles. The third-order valence-corrected chi connectivity index (χ3v) is 3.06. The predicted molar refractivity (Wildman–Crippen MR) is 66.7 cm³/mol. The highest BCUT2D eigenvalue weighted by Gasteiger charge is 2.15. The van der Waals surface area contributed by atoms with Crippen LogP contribution in [0.15, 0.2) is 18.2 Å². The maximum absolute atomic E-state index is 11.4. The minimum Gasteiger partial charge on any atom is -0.362 e. The van der Waals surface area contributed by atoms with Crippen molar-refractivity contribution in [3.63, 3.8) is 0 Å². The van der Waals surface area contributed by atoms with Gasteiger partial charge in [0.15, 0.2) is 6.29 Å². The average molecular weight is 253 g/mol. The van der Waals surface area contributed by atoms with E-state index in [1.54, 1.807) is 12.1 Å². The first-order chi connectivity index (χ1) is 8.20. The van der Waals surface area contributed by atoms with Crippen LogP contribution in [-0.2, 0) is 4.79 Å². The van der Waals surface area contributed by atoms with Gasteiger partial charge in [-0.25, -0.2) is 0 Å². The van der Waals surface area contributed by atoms with Crippen molar-refractivity contribution in [2.24, 2.45) is 0 Å². The van der Waals surface area contributed by atoms with Gasteiger partial charge in [-0.15, -0.1) is 0 Å². The van der Waals surface area contributed by atoms with Crippen molar-refractivity contribution in [2.75, 3.05) is 24.5 Å². The van der Waals surface area contributed by atoms with E-state index in [1.807, 2.05) is 11.0 Å². The Bertz CT molecular complexity index is 448. The second kappa shape index (κ2) is 5.19. The molecule has 2 rings (SSSR count). The quantitative estimate of drug-likeness (QED) is 0.811. The zero-order valence-electron chi connectivity index (χ0n) is 9.28. The number of rotatable bonds is 2. The second-order valence-electron chi connectivity index (χ2n) is 3.95. The summed E-state index contributed by atoms with van der Waals surface area (Å²) < 4.78 is 0. The number of carbonyl (C=O) groups is 2. The van der Waals surface area contributed by atoms with Gasteiger partial charge in [0, 0.05) is 24.3 Å². The van der Waals surface area contributed by atoms with Crippen molar-refractivity contribution in [1.82, 2.24) is 5.32 Å². The summed E-state index contributed by atoms with van der Waals surface area (Å²) in [5, 5.41) is 3.23. The molecular formula is C12H13ClN2O2. The average Bonchev–Trinajstić information content (AvgIpc) is 2.54. The molecule has 0 aromatic heterocycles. The van der Waals surface area contributed by atoms with Gasteiger partial charge in [0.25, 0.3) is 0 Å².